The molecule has 1 saturated heterocycles. The monoisotopic (exact) mass is 413 g/mol. The highest BCUT2D eigenvalue weighted by Gasteiger charge is 2.35. The number of halogens is 1. The molecule has 2 aromatic carbocycles. The van der Waals surface area contributed by atoms with Crippen LogP contribution in [0.15, 0.2) is 48.5 Å². The van der Waals surface area contributed by atoms with E-state index in [-0.39, 0.29) is 30.7 Å². The van der Waals surface area contributed by atoms with Crippen molar-refractivity contribution in [3.05, 3.63) is 53.6 Å². The molecule has 7 heteroatoms. The summed E-state index contributed by atoms with van der Waals surface area (Å²) < 4.78 is 0. The van der Waals surface area contributed by atoms with E-state index in [1.807, 2.05) is 20.8 Å². The summed E-state index contributed by atoms with van der Waals surface area (Å²) in [6.45, 7) is 5.76. The molecule has 0 aromatic heterocycles. The van der Waals surface area contributed by atoms with Crippen LogP contribution < -0.4 is 15.5 Å². The Kier molecular flexibility index (Phi) is 5.94. The first-order valence-corrected chi connectivity index (χ1v) is 9.80. The number of amides is 3. The fourth-order valence-electron chi connectivity index (χ4n) is 3.02. The first-order valence-electron chi connectivity index (χ1n) is 9.42. The molecule has 1 heterocycles. The predicted molar refractivity (Wildman–Crippen MR) is 115 cm³/mol. The van der Waals surface area contributed by atoms with E-state index in [1.165, 1.54) is 0 Å². The van der Waals surface area contributed by atoms with Gasteiger partial charge in [-0.1, -0.05) is 50.6 Å². The van der Waals surface area contributed by atoms with E-state index in [2.05, 4.69) is 10.6 Å². The minimum Gasteiger partial charge on any atom is -0.326 e. The standard InChI is InChI=1S/C22H24ClN3O3/c1-22(2,3)21(29)25-16-8-6-7-15(12-16)24-20(28)14-11-19(27)26(13-14)18-10-5-4-9-17(18)23/h4-10,12,14H,11,13H2,1-3H3,(H,24,28)(H,25,29). The Morgan fingerprint density at radius 3 is 2.34 bits per heavy atom. The zero-order valence-corrected chi connectivity index (χ0v) is 17.4. The molecule has 1 fully saturated rings. The Labute approximate surface area is 175 Å². The van der Waals surface area contributed by atoms with Gasteiger partial charge in [0.05, 0.1) is 16.6 Å². The topological polar surface area (TPSA) is 78.5 Å². The van der Waals surface area contributed by atoms with Crippen molar-refractivity contribution in [1.82, 2.24) is 0 Å². The lowest BCUT2D eigenvalue weighted by molar-refractivity contribution is -0.123. The maximum Gasteiger partial charge on any atom is 0.229 e. The smallest absolute Gasteiger partial charge is 0.229 e. The van der Waals surface area contributed by atoms with Crippen molar-refractivity contribution in [2.45, 2.75) is 27.2 Å². The quantitative estimate of drug-likeness (QED) is 0.783. The van der Waals surface area contributed by atoms with Crippen LogP contribution in [0.4, 0.5) is 17.1 Å². The lowest BCUT2D eigenvalue weighted by atomic mass is 9.95. The van der Waals surface area contributed by atoms with Gasteiger partial charge in [-0.15, -0.1) is 0 Å². The molecule has 152 valence electrons. The molecule has 0 bridgehead atoms. The number of carbonyl (C=O) groups excluding carboxylic acids is 3. The van der Waals surface area contributed by atoms with Crippen LogP contribution in [0.25, 0.3) is 0 Å². The molecule has 1 unspecified atom stereocenters. The van der Waals surface area contributed by atoms with E-state index < -0.39 is 11.3 Å². The predicted octanol–water partition coefficient (Wildman–Crippen LogP) is 4.32. The molecule has 3 rings (SSSR count). The minimum absolute atomic E-state index is 0.113. The molecule has 29 heavy (non-hydrogen) atoms. The van der Waals surface area contributed by atoms with Crippen LogP contribution in [0.1, 0.15) is 27.2 Å². The lowest BCUT2D eigenvalue weighted by Gasteiger charge is -2.19. The van der Waals surface area contributed by atoms with Crippen LogP contribution >= 0.6 is 11.6 Å². The van der Waals surface area contributed by atoms with Gasteiger partial charge in [-0.2, -0.15) is 0 Å². The van der Waals surface area contributed by atoms with E-state index in [4.69, 9.17) is 11.6 Å². The highest BCUT2D eigenvalue weighted by atomic mass is 35.5. The van der Waals surface area contributed by atoms with Crippen molar-refractivity contribution in [1.29, 1.82) is 0 Å². The molecule has 0 spiro atoms. The van der Waals surface area contributed by atoms with Crippen molar-refractivity contribution in [2.75, 3.05) is 22.1 Å². The number of hydrogen-bond acceptors (Lipinski definition) is 3. The molecule has 1 atom stereocenters. The summed E-state index contributed by atoms with van der Waals surface area (Å²) in [6.07, 6.45) is 0.123. The number of rotatable bonds is 4. The Morgan fingerprint density at radius 1 is 1.03 bits per heavy atom. The number of nitrogens with one attached hydrogen (secondary N) is 2. The van der Waals surface area contributed by atoms with Crippen LogP contribution in [-0.2, 0) is 14.4 Å². The van der Waals surface area contributed by atoms with Crippen LogP contribution in [0.2, 0.25) is 5.02 Å². The van der Waals surface area contributed by atoms with Crippen molar-refractivity contribution in [3.63, 3.8) is 0 Å². The highest BCUT2D eigenvalue weighted by molar-refractivity contribution is 6.33. The Morgan fingerprint density at radius 2 is 1.69 bits per heavy atom. The van der Waals surface area contributed by atoms with Crippen molar-refractivity contribution in [2.24, 2.45) is 11.3 Å². The fourth-order valence-corrected chi connectivity index (χ4v) is 3.26. The van der Waals surface area contributed by atoms with Gasteiger partial charge in [0.25, 0.3) is 0 Å². The summed E-state index contributed by atoms with van der Waals surface area (Å²) in [5, 5.41) is 6.16. The normalized spacial score (nSPS) is 16.6. The minimum atomic E-state index is -0.522. The number of hydrogen-bond donors (Lipinski definition) is 2. The summed E-state index contributed by atoms with van der Waals surface area (Å²) in [5.74, 6) is -0.971. The van der Waals surface area contributed by atoms with Gasteiger partial charge in [0.1, 0.15) is 0 Å². The first kappa shape index (κ1) is 20.9. The SMILES string of the molecule is CC(C)(C)C(=O)Nc1cccc(NC(=O)C2CC(=O)N(c3ccccc3Cl)C2)c1. The summed E-state index contributed by atoms with van der Waals surface area (Å²) >= 11 is 6.19. The van der Waals surface area contributed by atoms with E-state index >= 15 is 0 Å². The zero-order valence-electron chi connectivity index (χ0n) is 16.7. The lowest BCUT2D eigenvalue weighted by Crippen LogP contribution is -2.28. The highest BCUT2D eigenvalue weighted by Crippen LogP contribution is 2.31. The van der Waals surface area contributed by atoms with Crippen LogP contribution in [0.5, 0.6) is 0 Å². The molecular formula is C22H24ClN3O3. The van der Waals surface area contributed by atoms with E-state index in [0.717, 1.165) is 0 Å². The molecule has 2 N–H and O–H groups in total. The second-order valence-electron chi connectivity index (χ2n) is 8.13. The third kappa shape index (κ3) is 4.95. The molecule has 2 aromatic rings. The van der Waals surface area contributed by atoms with Gasteiger partial charge in [-0.3, -0.25) is 14.4 Å². The summed E-state index contributed by atoms with van der Waals surface area (Å²) in [5.41, 5.74) is 1.25. The third-order valence-electron chi connectivity index (χ3n) is 4.71. The first-order chi connectivity index (χ1) is 13.6. The summed E-state index contributed by atoms with van der Waals surface area (Å²) in [4.78, 5) is 38.8. The maximum atomic E-state index is 12.7. The van der Waals surface area contributed by atoms with Gasteiger partial charge < -0.3 is 15.5 Å². The molecule has 1 aliphatic rings. The molecule has 0 saturated carbocycles. The number of benzene rings is 2. The molecule has 0 radical (unpaired) electrons. The van der Waals surface area contributed by atoms with Crippen molar-refractivity contribution in [3.8, 4) is 0 Å². The maximum absolute atomic E-state index is 12.7. The van der Waals surface area contributed by atoms with Crippen LogP contribution in [-0.4, -0.2) is 24.3 Å². The average Bonchev–Trinajstić information content (AvgIpc) is 3.03. The zero-order chi connectivity index (χ0) is 21.2. The number of carbonyl (C=O) groups is 3. The Bertz CT molecular complexity index is 952. The van der Waals surface area contributed by atoms with Gasteiger partial charge in [0, 0.05) is 29.8 Å². The second kappa shape index (κ2) is 8.25. The largest absolute Gasteiger partial charge is 0.326 e. The number of para-hydroxylation sites is 1. The van der Waals surface area contributed by atoms with E-state index in [1.54, 1.807) is 53.4 Å². The summed E-state index contributed by atoms with van der Waals surface area (Å²) in [7, 11) is 0. The molecule has 3 amide bonds. The third-order valence-corrected chi connectivity index (χ3v) is 5.03. The molecular weight excluding hydrogens is 390 g/mol. The summed E-state index contributed by atoms with van der Waals surface area (Å²) in [6, 6.07) is 14.0. The van der Waals surface area contributed by atoms with Gasteiger partial charge in [0.15, 0.2) is 0 Å². The molecule has 0 aliphatic carbocycles. The van der Waals surface area contributed by atoms with E-state index in [9.17, 15) is 14.4 Å². The number of nitrogens with zero attached hydrogens (tertiary/aromatic N) is 1. The van der Waals surface area contributed by atoms with Crippen molar-refractivity contribution >= 4 is 46.4 Å². The van der Waals surface area contributed by atoms with Gasteiger partial charge in [-0.05, 0) is 30.3 Å². The Hall–Kier alpha value is -2.86. The van der Waals surface area contributed by atoms with E-state index in [0.29, 0.717) is 22.1 Å². The average molecular weight is 414 g/mol. The van der Waals surface area contributed by atoms with Gasteiger partial charge in [-0.25, -0.2) is 0 Å². The van der Waals surface area contributed by atoms with Crippen molar-refractivity contribution < 1.29 is 14.4 Å². The van der Waals surface area contributed by atoms with Gasteiger partial charge in [0.2, 0.25) is 17.7 Å². The Balaban J connectivity index is 1.67. The molecule has 1 aliphatic heterocycles. The second-order valence-corrected chi connectivity index (χ2v) is 8.54. The fraction of sp³-hybridized carbons (Fsp3) is 0.318. The number of anilines is 3. The molecule has 6 nitrogen and oxygen atoms in total. The van der Waals surface area contributed by atoms with Crippen LogP contribution in [0.3, 0.4) is 0 Å². The van der Waals surface area contributed by atoms with Crippen LogP contribution in [0, 0.1) is 11.3 Å². The van der Waals surface area contributed by atoms with Gasteiger partial charge >= 0.3 is 0 Å².